The first-order valence-electron chi connectivity index (χ1n) is 2.64. The third-order valence-electron chi connectivity index (χ3n) is 0.959. The van der Waals surface area contributed by atoms with Crippen molar-refractivity contribution < 1.29 is 4.79 Å². The maximum absolute atomic E-state index is 10.8. The summed E-state index contributed by atoms with van der Waals surface area (Å²) >= 11 is 0. The Kier molecular flexibility index (Phi) is 2.71. The topological polar surface area (TPSA) is 20.3 Å². The number of carbonyl (C=O) groups is 1. The first kappa shape index (κ1) is 7.95. The molecule has 0 spiro atoms. The lowest BCUT2D eigenvalue weighted by atomic mass is 10.3. The SMILES string of the molecule is C=CN(C)C(=O)C(=C)C. The minimum Gasteiger partial charge on any atom is -0.319 e. The molecule has 0 aliphatic carbocycles. The van der Waals surface area contributed by atoms with Crippen LogP contribution in [0.3, 0.4) is 0 Å². The molecule has 0 bridgehead atoms. The minimum absolute atomic E-state index is 0.0926. The van der Waals surface area contributed by atoms with Crippen molar-refractivity contribution in [3.63, 3.8) is 0 Å². The average molecular weight is 125 g/mol. The molecule has 0 fully saturated rings. The molecule has 50 valence electrons. The highest BCUT2D eigenvalue weighted by molar-refractivity contribution is 5.92. The smallest absolute Gasteiger partial charge is 0.252 e. The van der Waals surface area contributed by atoms with Crippen molar-refractivity contribution in [1.82, 2.24) is 4.90 Å². The monoisotopic (exact) mass is 125 g/mol. The summed E-state index contributed by atoms with van der Waals surface area (Å²) in [4.78, 5) is 12.2. The number of hydrogen-bond acceptors (Lipinski definition) is 1. The number of carbonyl (C=O) groups excluding carboxylic acids is 1. The highest BCUT2D eigenvalue weighted by Crippen LogP contribution is 1.94. The highest BCUT2D eigenvalue weighted by atomic mass is 16.2. The lowest BCUT2D eigenvalue weighted by Gasteiger charge is -2.09. The number of nitrogens with zero attached hydrogens (tertiary/aromatic N) is 1. The zero-order valence-electron chi connectivity index (χ0n) is 5.85. The molecule has 0 saturated heterocycles. The van der Waals surface area contributed by atoms with Crippen LogP contribution in [0.2, 0.25) is 0 Å². The Hall–Kier alpha value is -1.05. The second-order valence-electron chi connectivity index (χ2n) is 1.88. The van der Waals surface area contributed by atoms with Gasteiger partial charge in [0.1, 0.15) is 0 Å². The maximum Gasteiger partial charge on any atom is 0.252 e. The quantitative estimate of drug-likeness (QED) is 0.507. The fraction of sp³-hybridized carbons (Fsp3) is 0.286. The van der Waals surface area contributed by atoms with E-state index in [1.165, 1.54) is 11.1 Å². The predicted octanol–water partition coefficient (Wildman–Crippen LogP) is 1.16. The van der Waals surface area contributed by atoms with Crippen LogP contribution in [0.4, 0.5) is 0 Å². The van der Waals surface area contributed by atoms with Crippen LogP contribution < -0.4 is 0 Å². The van der Waals surface area contributed by atoms with Gasteiger partial charge in [-0.1, -0.05) is 13.2 Å². The molecule has 0 atom stereocenters. The molecular formula is C7H11NO. The van der Waals surface area contributed by atoms with Gasteiger partial charge in [0.05, 0.1) is 0 Å². The Labute approximate surface area is 55.5 Å². The molecule has 0 unspecified atom stereocenters. The van der Waals surface area contributed by atoms with Crippen LogP contribution >= 0.6 is 0 Å². The van der Waals surface area contributed by atoms with Crippen molar-refractivity contribution in [1.29, 1.82) is 0 Å². The van der Waals surface area contributed by atoms with Gasteiger partial charge >= 0.3 is 0 Å². The zero-order valence-corrected chi connectivity index (χ0v) is 5.85. The molecule has 2 nitrogen and oxygen atoms in total. The Bertz CT molecular complexity index is 149. The summed E-state index contributed by atoms with van der Waals surface area (Å²) in [5.74, 6) is -0.0926. The lowest BCUT2D eigenvalue weighted by Crippen LogP contribution is -2.20. The van der Waals surface area contributed by atoms with Crippen LogP contribution in [0.15, 0.2) is 24.9 Å². The van der Waals surface area contributed by atoms with Crippen LogP contribution in [0.5, 0.6) is 0 Å². The molecule has 2 heteroatoms. The van der Waals surface area contributed by atoms with Crippen molar-refractivity contribution in [2.75, 3.05) is 7.05 Å². The van der Waals surface area contributed by atoms with Crippen molar-refractivity contribution in [2.24, 2.45) is 0 Å². The van der Waals surface area contributed by atoms with Gasteiger partial charge < -0.3 is 4.90 Å². The van der Waals surface area contributed by atoms with Gasteiger partial charge in [-0.05, 0) is 13.1 Å². The first-order chi connectivity index (χ1) is 4.09. The van der Waals surface area contributed by atoms with Crippen molar-refractivity contribution in [3.05, 3.63) is 24.9 Å². The second-order valence-corrected chi connectivity index (χ2v) is 1.88. The summed E-state index contributed by atoms with van der Waals surface area (Å²) in [7, 11) is 1.64. The number of hydrogen-bond donors (Lipinski definition) is 0. The maximum atomic E-state index is 10.8. The van der Waals surface area contributed by atoms with Crippen LogP contribution in [-0.2, 0) is 4.79 Å². The number of amides is 1. The third-order valence-corrected chi connectivity index (χ3v) is 0.959. The Morgan fingerprint density at radius 1 is 1.67 bits per heavy atom. The van der Waals surface area contributed by atoms with E-state index in [-0.39, 0.29) is 5.91 Å². The molecule has 1 amide bonds. The summed E-state index contributed by atoms with van der Waals surface area (Å²) < 4.78 is 0. The van der Waals surface area contributed by atoms with E-state index in [0.717, 1.165) is 0 Å². The Morgan fingerprint density at radius 2 is 2.11 bits per heavy atom. The number of likely N-dealkylation sites (N-methyl/N-ethyl adjacent to an activating group) is 1. The molecule has 0 aromatic carbocycles. The Morgan fingerprint density at radius 3 is 2.22 bits per heavy atom. The first-order valence-corrected chi connectivity index (χ1v) is 2.64. The van der Waals surface area contributed by atoms with Gasteiger partial charge in [-0.25, -0.2) is 0 Å². The molecular weight excluding hydrogens is 114 g/mol. The molecule has 0 rings (SSSR count). The third kappa shape index (κ3) is 2.13. The summed E-state index contributed by atoms with van der Waals surface area (Å²) in [5, 5.41) is 0. The minimum atomic E-state index is -0.0926. The van der Waals surface area contributed by atoms with Gasteiger partial charge in [0, 0.05) is 12.6 Å². The predicted molar refractivity (Wildman–Crippen MR) is 37.8 cm³/mol. The molecule has 0 radical (unpaired) electrons. The molecule has 0 aromatic rings. The van der Waals surface area contributed by atoms with Gasteiger partial charge in [-0.3, -0.25) is 4.79 Å². The summed E-state index contributed by atoms with van der Waals surface area (Å²) in [6.45, 7) is 8.58. The summed E-state index contributed by atoms with van der Waals surface area (Å²) in [6, 6.07) is 0. The number of rotatable bonds is 2. The standard InChI is InChI=1S/C7H11NO/c1-5-8(4)7(9)6(2)3/h5H,1-2H2,3-4H3. The van der Waals surface area contributed by atoms with Gasteiger partial charge in [0.2, 0.25) is 0 Å². The highest BCUT2D eigenvalue weighted by Gasteiger charge is 2.03. The molecule has 0 N–H and O–H groups in total. The molecule has 0 aliphatic rings. The van der Waals surface area contributed by atoms with E-state index in [4.69, 9.17) is 0 Å². The van der Waals surface area contributed by atoms with E-state index in [2.05, 4.69) is 13.2 Å². The van der Waals surface area contributed by atoms with Crippen LogP contribution in [0, 0.1) is 0 Å². The van der Waals surface area contributed by atoms with Crippen LogP contribution in [-0.4, -0.2) is 17.9 Å². The van der Waals surface area contributed by atoms with E-state index < -0.39 is 0 Å². The van der Waals surface area contributed by atoms with E-state index in [1.54, 1.807) is 14.0 Å². The normalized spacial score (nSPS) is 8.22. The van der Waals surface area contributed by atoms with Crippen molar-refractivity contribution in [2.45, 2.75) is 6.92 Å². The van der Waals surface area contributed by atoms with E-state index in [1.807, 2.05) is 0 Å². The second kappa shape index (κ2) is 3.07. The molecule has 0 aromatic heterocycles. The summed E-state index contributed by atoms with van der Waals surface area (Å²) in [6.07, 6.45) is 1.46. The lowest BCUT2D eigenvalue weighted by molar-refractivity contribution is -0.123. The van der Waals surface area contributed by atoms with Gasteiger partial charge in [-0.15, -0.1) is 0 Å². The van der Waals surface area contributed by atoms with Crippen molar-refractivity contribution >= 4 is 5.91 Å². The van der Waals surface area contributed by atoms with Gasteiger partial charge in [-0.2, -0.15) is 0 Å². The van der Waals surface area contributed by atoms with E-state index in [9.17, 15) is 4.79 Å². The van der Waals surface area contributed by atoms with E-state index >= 15 is 0 Å². The Balaban J connectivity index is 4.03. The fourth-order valence-electron chi connectivity index (χ4n) is 0.384. The molecule has 9 heavy (non-hydrogen) atoms. The summed E-state index contributed by atoms with van der Waals surface area (Å²) in [5.41, 5.74) is 0.525. The average Bonchev–Trinajstić information content (AvgIpc) is 1.84. The largest absolute Gasteiger partial charge is 0.319 e. The van der Waals surface area contributed by atoms with E-state index in [0.29, 0.717) is 5.57 Å². The molecule has 0 heterocycles. The van der Waals surface area contributed by atoms with Gasteiger partial charge in [0.15, 0.2) is 0 Å². The molecule has 0 saturated carbocycles. The fourth-order valence-corrected chi connectivity index (χ4v) is 0.384. The van der Waals surface area contributed by atoms with Crippen LogP contribution in [0.25, 0.3) is 0 Å². The van der Waals surface area contributed by atoms with Gasteiger partial charge in [0.25, 0.3) is 5.91 Å². The van der Waals surface area contributed by atoms with Crippen LogP contribution in [0.1, 0.15) is 6.92 Å². The molecule has 0 aliphatic heterocycles. The zero-order chi connectivity index (χ0) is 7.44. The van der Waals surface area contributed by atoms with Crippen molar-refractivity contribution in [3.8, 4) is 0 Å².